The molecule has 2 rings (SSSR count). The van der Waals surface area contributed by atoms with Crippen molar-refractivity contribution in [2.75, 3.05) is 5.75 Å². The van der Waals surface area contributed by atoms with Gasteiger partial charge < -0.3 is 5.32 Å². The maximum atomic E-state index is 3.59. The van der Waals surface area contributed by atoms with Gasteiger partial charge in [0.15, 0.2) is 0 Å². The van der Waals surface area contributed by atoms with Gasteiger partial charge in [-0.1, -0.05) is 45.2 Å². The van der Waals surface area contributed by atoms with Crippen LogP contribution in [0.25, 0.3) is 0 Å². The summed E-state index contributed by atoms with van der Waals surface area (Å²) >= 11 is 2.04. The Bertz CT molecular complexity index is 387. The molecular formula is C18H29NS. The van der Waals surface area contributed by atoms with Crippen molar-refractivity contribution in [1.82, 2.24) is 5.32 Å². The van der Waals surface area contributed by atoms with Crippen LogP contribution < -0.4 is 5.32 Å². The van der Waals surface area contributed by atoms with E-state index in [1.807, 2.05) is 11.8 Å². The fourth-order valence-corrected chi connectivity index (χ4v) is 3.65. The second kappa shape index (κ2) is 8.74. The van der Waals surface area contributed by atoms with Crippen molar-refractivity contribution in [3.05, 3.63) is 29.8 Å². The second-order valence-corrected chi connectivity index (χ2v) is 7.12. The van der Waals surface area contributed by atoms with Crippen molar-refractivity contribution in [3.63, 3.8) is 0 Å². The van der Waals surface area contributed by atoms with E-state index in [1.54, 1.807) is 0 Å². The van der Waals surface area contributed by atoms with E-state index in [1.165, 1.54) is 54.7 Å². The Balaban J connectivity index is 1.77. The van der Waals surface area contributed by atoms with E-state index in [2.05, 4.69) is 43.4 Å². The van der Waals surface area contributed by atoms with Crippen molar-refractivity contribution in [2.45, 2.75) is 69.9 Å². The lowest BCUT2D eigenvalue weighted by molar-refractivity contribution is 0.499. The maximum Gasteiger partial charge on any atom is 0.0208 e. The fourth-order valence-electron chi connectivity index (χ4n) is 2.41. The first-order chi connectivity index (χ1) is 9.81. The minimum atomic E-state index is 0.796. The number of rotatable bonds is 10. The van der Waals surface area contributed by atoms with Crippen LogP contribution in [0.2, 0.25) is 0 Å². The lowest BCUT2D eigenvalue weighted by Crippen LogP contribution is -2.15. The summed E-state index contributed by atoms with van der Waals surface area (Å²) in [6.07, 6.45) is 8.14. The molecule has 0 spiro atoms. The first-order valence-electron chi connectivity index (χ1n) is 8.27. The molecule has 0 radical (unpaired) electrons. The zero-order valence-corrected chi connectivity index (χ0v) is 13.8. The summed E-state index contributed by atoms with van der Waals surface area (Å²) in [7, 11) is 0. The molecule has 0 aliphatic heterocycles. The standard InChI is InChI=1S/C18H29NS/c1-3-5-7-15(4-2)14-20-18-9-6-8-16(12-18)13-19-17-10-11-17/h6,8-9,12,15,17,19H,3-5,7,10-11,13-14H2,1-2H3. The van der Waals surface area contributed by atoms with Gasteiger partial charge in [-0.05, 0) is 42.9 Å². The molecule has 1 atom stereocenters. The molecule has 2 heteroatoms. The Labute approximate surface area is 128 Å². The summed E-state index contributed by atoms with van der Waals surface area (Å²) in [4.78, 5) is 1.44. The third kappa shape index (κ3) is 5.88. The van der Waals surface area contributed by atoms with Crippen molar-refractivity contribution in [2.24, 2.45) is 5.92 Å². The summed E-state index contributed by atoms with van der Waals surface area (Å²) in [6, 6.07) is 9.88. The molecule has 1 aliphatic rings. The van der Waals surface area contributed by atoms with Gasteiger partial charge in [0.1, 0.15) is 0 Å². The summed E-state index contributed by atoms with van der Waals surface area (Å²) < 4.78 is 0. The molecule has 1 aromatic rings. The lowest BCUT2D eigenvalue weighted by Gasteiger charge is -2.14. The predicted molar refractivity (Wildman–Crippen MR) is 90.3 cm³/mol. The topological polar surface area (TPSA) is 12.0 Å². The molecule has 0 aromatic heterocycles. The summed E-state index contributed by atoms with van der Waals surface area (Å²) in [5, 5.41) is 3.59. The Kier molecular flexibility index (Phi) is 6.95. The third-order valence-electron chi connectivity index (χ3n) is 4.10. The first-order valence-corrected chi connectivity index (χ1v) is 9.25. The van der Waals surface area contributed by atoms with E-state index in [0.717, 1.165) is 18.5 Å². The van der Waals surface area contributed by atoms with Crippen LogP contribution in [-0.4, -0.2) is 11.8 Å². The van der Waals surface area contributed by atoms with Crippen LogP contribution in [0.3, 0.4) is 0 Å². The molecule has 0 heterocycles. The predicted octanol–water partition coefficient (Wildman–Crippen LogP) is 5.25. The number of hydrogen-bond donors (Lipinski definition) is 1. The molecule has 1 nitrogen and oxygen atoms in total. The molecule has 1 aliphatic carbocycles. The quantitative estimate of drug-likeness (QED) is 0.591. The van der Waals surface area contributed by atoms with Gasteiger partial charge in [0.25, 0.3) is 0 Å². The molecule has 0 bridgehead atoms. The average Bonchev–Trinajstić information content (AvgIpc) is 3.30. The Hall–Kier alpha value is -0.470. The third-order valence-corrected chi connectivity index (χ3v) is 5.32. The Morgan fingerprint density at radius 2 is 2.15 bits per heavy atom. The van der Waals surface area contributed by atoms with Gasteiger partial charge in [-0.3, -0.25) is 0 Å². The number of hydrogen-bond acceptors (Lipinski definition) is 2. The minimum Gasteiger partial charge on any atom is -0.310 e. The highest BCUT2D eigenvalue weighted by Crippen LogP contribution is 2.26. The smallest absolute Gasteiger partial charge is 0.0208 e. The highest BCUT2D eigenvalue weighted by Gasteiger charge is 2.19. The van der Waals surface area contributed by atoms with Gasteiger partial charge in [0, 0.05) is 23.2 Å². The lowest BCUT2D eigenvalue weighted by atomic mass is 10.0. The van der Waals surface area contributed by atoms with E-state index >= 15 is 0 Å². The molecular weight excluding hydrogens is 262 g/mol. The van der Waals surface area contributed by atoms with Gasteiger partial charge in [0.05, 0.1) is 0 Å². The molecule has 0 amide bonds. The van der Waals surface area contributed by atoms with Crippen molar-refractivity contribution in [3.8, 4) is 0 Å². The number of nitrogens with one attached hydrogen (secondary N) is 1. The minimum absolute atomic E-state index is 0.796. The Morgan fingerprint density at radius 3 is 2.85 bits per heavy atom. The molecule has 1 fully saturated rings. The van der Waals surface area contributed by atoms with E-state index in [4.69, 9.17) is 0 Å². The van der Waals surface area contributed by atoms with Crippen LogP contribution in [0.1, 0.15) is 57.9 Å². The summed E-state index contributed by atoms with van der Waals surface area (Å²) in [5.74, 6) is 2.16. The average molecular weight is 292 g/mol. The van der Waals surface area contributed by atoms with E-state index in [9.17, 15) is 0 Å². The van der Waals surface area contributed by atoms with Crippen molar-refractivity contribution < 1.29 is 0 Å². The molecule has 1 aromatic carbocycles. The SMILES string of the molecule is CCCCC(CC)CSc1cccc(CNC2CC2)c1. The van der Waals surface area contributed by atoms with Crippen LogP contribution >= 0.6 is 11.8 Å². The van der Waals surface area contributed by atoms with Gasteiger partial charge in [-0.25, -0.2) is 0 Å². The number of unbranched alkanes of at least 4 members (excludes halogenated alkanes) is 1. The van der Waals surface area contributed by atoms with Gasteiger partial charge in [-0.15, -0.1) is 11.8 Å². The van der Waals surface area contributed by atoms with E-state index < -0.39 is 0 Å². The van der Waals surface area contributed by atoms with Crippen LogP contribution in [0, 0.1) is 5.92 Å². The van der Waals surface area contributed by atoms with Gasteiger partial charge in [-0.2, -0.15) is 0 Å². The molecule has 112 valence electrons. The summed E-state index contributed by atoms with van der Waals surface area (Å²) in [5.41, 5.74) is 1.43. The Morgan fingerprint density at radius 1 is 1.30 bits per heavy atom. The van der Waals surface area contributed by atoms with Crippen molar-refractivity contribution in [1.29, 1.82) is 0 Å². The van der Waals surface area contributed by atoms with Crippen LogP contribution in [0.4, 0.5) is 0 Å². The zero-order chi connectivity index (χ0) is 14.2. The molecule has 1 N–H and O–H groups in total. The van der Waals surface area contributed by atoms with E-state index in [0.29, 0.717) is 0 Å². The molecule has 1 unspecified atom stereocenters. The molecule has 20 heavy (non-hydrogen) atoms. The number of thioether (sulfide) groups is 1. The van der Waals surface area contributed by atoms with Gasteiger partial charge in [0.2, 0.25) is 0 Å². The zero-order valence-electron chi connectivity index (χ0n) is 13.0. The number of benzene rings is 1. The normalized spacial score (nSPS) is 16.3. The first kappa shape index (κ1) is 15.9. The highest BCUT2D eigenvalue weighted by atomic mass is 32.2. The fraction of sp³-hybridized carbons (Fsp3) is 0.667. The van der Waals surface area contributed by atoms with Crippen LogP contribution in [0.15, 0.2) is 29.2 Å². The molecule has 1 saturated carbocycles. The second-order valence-electron chi connectivity index (χ2n) is 6.03. The largest absolute Gasteiger partial charge is 0.310 e. The maximum absolute atomic E-state index is 3.59. The van der Waals surface area contributed by atoms with Gasteiger partial charge >= 0.3 is 0 Å². The van der Waals surface area contributed by atoms with Crippen LogP contribution in [-0.2, 0) is 6.54 Å². The van der Waals surface area contributed by atoms with Crippen LogP contribution in [0.5, 0.6) is 0 Å². The molecule has 0 saturated heterocycles. The highest BCUT2D eigenvalue weighted by molar-refractivity contribution is 7.99. The van der Waals surface area contributed by atoms with E-state index in [-0.39, 0.29) is 0 Å². The summed E-state index contributed by atoms with van der Waals surface area (Å²) in [6.45, 7) is 5.65. The monoisotopic (exact) mass is 291 g/mol. The van der Waals surface area contributed by atoms with Crippen molar-refractivity contribution >= 4 is 11.8 Å².